The monoisotopic (exact) mass is 427 g/mol. The number of amides is 2. The Labute approximate surface area is 172 Å². The van der Waals surface area contributed by atoms with Crippen LogP contribution >= 0.6 is 0 Å². The molecule has 1 saturated heterocycles. The van der Waals surface area contributed by atoms with Gasteiger partial charge in [0.1, 0.15) is 11.8 Å². The summed E-state index contributed by atoms with van der Waals surface area (Å²) in [6.07, 6.45) is 1.00. The first-order chi connectivity index (χ1) is 13.7. The summed E-state index contributed by atoms with van der Waals surface area (Å²) >= 11 is 0. The highest BCUT2D eigenvalue weighted by atomic mass is 32.2. The fourth-order valence-corrected chi connectivity index (χ4v) is 4.51. The molecule has 9 nitrogen and oxygen atoms in total. The van der Waals surface area contributed by atoms with Crippen LogP contribution in [0.15, 0.2) is 24.3 Å². The summed E-state index contributed by atoms with van der Waals surface area (Å²) in [5, 5.41) is 0. The molecule has 0 spiro atoms. The summed E-state index contributed by atoms with van der Waals surface area (Å²) in [5.74, 6) is 0.314. The van der Waals surface area contributed by atoms with E-state index in [1.54, 1.807) is 47.9 Å². The molecule has 0 bridgehead atoms. The van der Waals surface area contributed by atoms with Gasteiger partial charge in [-0.3, -0.25) is 9.10 Å². The molecular formula is C19H29N3O6S. The summed E-state index contributed by atoms with van der Waals surface area (Å²) in [4.78, 5) is 28.2. The predicted molar refractivity (Wildman–Crippen MR) is 110 cm³/mol. The number of hydrogen-bond donors (Lipinski definition) is 0. The van der Waals surface area contributed by atoms with E-state index in [4.69, 9.17) is 9.47 Å². The number of hydrogen-bond acceptors (Lipinski definition) is 6. The largest absolute Gasteiger partial charge is 0.497 e. The van der Waals surface area contributed by atoms with Crippen LogP contribution in [0.2, 0.25) is 0 Å². The molecule has 10 heteroatoms. The summed E-state index contributed by atoms with van der Waals surface area (Å²) in [7, 11) is -2.18. The molecule has 0 saturated carbocycles. The molecule has 0 aromatic heterocycles. The van der Waals surface area contributed by atoms with Crippen molar-refractivity contribution in [1.29, 1.82) is 0 Å². The van der Waals surface area contributed by atoms with Crippen LogP contribution in [0, 0.1) is 0 Å². The second kappa shape index (κ2) is 9.82. The minimum Gasteiger partial charge on any atom is -0.497 e. The molecule has 2 amide bonds. The second-order valence-corrected chi connectivity index (χ2v) is 8.55. The number of sulfonamides is 1. The zero-order chi connectivity index (χ0) is 21.6. The lowest BCUT2D eigenvalue weighted by molar-refractivity contribution is -0.134. The Hall–Kier alpha value is -2.49. The summed E-state index contributed by atoms with van der Waals surface area (Å²) in [6, 6.07) is 5.68. The van der Waals surface area contributed by atoms with Gasteiger partial charge in [0.25, 0.3) is 0 Å². The number of carbonyl (C=O) groups is 2. The average Bonchev–Trinajstić information content (AvgIpc) is 2.71. The lowest BCUT2D eigenvalue weighted by Gasteiger charge is -2.38. The molecule has 1 fully saturated rings. The third-order valence-electron chi connectivity index (χ3n) is 4.76. The van der Waals surface area contributed by atoms with Crippen LogP contribution in [0.1, 0.15) is 20.3 Å². The van der Waals surface area contributed by atoms with E-state index in [0.29, 0.717) is 50.6 Å². The standard InChI is InChI=1S/C19H29N3O6S/c1-5-17(18(23)20-11-13-21(14-12-20)19(24)28-6-2)22(29(4,25)26)15-7-9-16(27-3)10-8-15/h7-10,17H,5-6,11-14H2,1-4H3/t17-/m0/s1. The molecule has 1 heterocycles. The van der Waals surface area contributed by atoms with Crippen LogP contribution < -0.4 is 9.04 Å². The van der Waals surface area contributed by atoms with Crippen LogP contribution in [-0.2, 0) is 19.6 Å². The maximum absolute atomic E-state index is 13.2. The minimum atomic E-state index is -3.70. The van der Waals surface area contributed by atoms with Crippen LogP contribution in [0.5, 0.6) is 5.75 Å². The maximum Gasteiger partial charge on any atom is 0.409 e. The Balaban J connectivity index is 2.20. The van der Waals surface area contributed by atoms with Gasteiger partial charge in [0, 0.05) is 26.2 Å². The van der Waals surface area contributed by atoms with Crippen molar-refractivity contribution in [2.45, 2.75) is 26.3 Å². The normalized spacial score (nSPS) is 15.6. The maximum atomic E-state index is 13.2. The van der Waals surface area contributed by atoms with Gasteiger partial charge in [-0.05, 0) is 37.6 Å². The molecule has 2 rings (SSSR count). The van der Waals surface area contributed by atoms with Crippen molar-refractivity contribution >= 4 is 27.7 Å². The first-order valence-corrected chi connectivity index (χ1v) is 11.4. The number of piperazine rings is 1. The van der Waals surface area contributed by atoms with Gasteiger partial charge in [-0.25, -0.2) is 13.2 Å². The number of anilines is 1. The van der Waals surface area contributed by atoms with Gasteiger partial charge in [-0.15, -0.1) is 0 Å². The van der Waals surface area contributed by atoms with Crippen LogP contribution in [-0.4, -0.2) is 82.4 Å². The highest BCUT2D eigenvalue weighted by Crippen LogP contribution is 2.26. The lowest BCUT2D eigenvalue weighted by atomic mass is 10.1. The number of carbonyl (C=O) groups excluding carboxylic acids is 2. The zero-order valence-corrected chi connectivity index (χ0v) is 18.1. The topological polar surface area (TPSA) is 96.5 Å². The van der Waals surface area contributed by atoms with Crippen molar-refractivity contribution < 1.29 is 27.5 Å². The SMILES string of the molecule is CCOC(=O)N1CCN(C(=O)[C@H](CC)N(c2ccc(OC)cc2)S(C)(=O)=O)CC1. The number of methoxy groups -OCH3 is 1. The van der Waals surface area contributed by atoms with Gasteiger partial charge in [0.15, 0.2) is 0 Å². The second-order valence-electron chi connectivity index (χ2n) is 6.69. The highest BCUT2D eigenvalue weighted by molar-refractivity contribution is 7.92. The van der Waals surface area contributed by atoms with Gasteiger partial charge in [-0.1, -0.05) is 6.92 Å². The fourth-order valence-electron chi connectivity index (χ4n) is 3.31. The average molecular weight is 428 g/mol. The highest BCUT2D eigenvalue weighted by Gasteiger charge is 2.36. The number of ether oxygens (including phenoxy) is 2. The number of rotatable bonds is 7. The molecule has 162 valence electrons. The molecule has 0 radical (unpaired) electrons. The van der Waals surface area contributed by atoms with Crippen molar-refractivity contribution in [3.05, 3.63) is 24.3 Å². The lowest BCUT2D eigenvalue weighted by Crippen LogP contribution is -2.56. The summed E-state index contributed by atoms with van der Waals surface area (Å²) in [5.41, 5.74) is 0.402. The van der Waals surface area contributed by atoms with Crippen molar-refractivity contribution in [1.82, 2.24) is 9.80 Å². The first-order valence-electron chi connectivity index (χ1n) is 9.56. The molecule has 1 atom stereocenters. The molecule has 1 aliphatic rings. The smallest absolute Gasteiger partial charge is 0.409 e. The van der Waals surface area contributed by atoms with E-state index in [-0.39, 0.29) is 5.91 Å². The van der Waals surface area contributed by atoms with Crippen molar-refractivity contribution in [2.24, 2.45) is 0 Å². The molecule has 1 aromatic rings. The Morgan fingerprint density at radius 1 is 1.07 bits per heavy atom. The Morgan fingerprint density at radius 3 is 2.07 bits per heavy atom. The van der Waals surface area contributed by atoms with Gasteiger partial charge >= 0.3 is 6.09 Å². The summed E-state index contributed by atoms with van der Waals surface area (Å²) in [6.45, 7) is 5.16. The van der Waals surface area contributed by atoms with E-state index in [1.807, 2.05) is 0 Å². The van der Waals surface area contributed by atoms with E-state index >= 15 is 0 Å². The van der Waals surface area contributed by atoms with Crippen molar-refractivity contribution in [3.63, 3.8) is 0 Å². The molecule has 0 aliphatic carbocycles. The quantitative estimate of drug-likeness (QED) is 0.655. The third-order valence-corrected chi connectivity index (χ3v) is 5.94. The summed E-state index contributed by atoms with van der Waals surface area (Å²) < 4.78 is 36.4. The Kier molecular flexibility index (Phi) is 7.72. The zero-order valence-electron chi connectivity index (χ0n) is 17.3. The van der Waals surface area contributed by atoms with E-state index in [2.05, 4.69) is 0 Å². The number of benzene rings is 1. The van der Waals surface area contributed by atoms with Crippen molar-refractivity contribution in [2.75, 3.05) is 50.5 Å². The van der Waals surface area contributed by atoms with E-state index in [1.165, 1.54) is 7.11 Å². The Bertz CT molecular complexity index is 804. The van der Waals surface area contributed by atoms with Crippen LogP contribution in [0.25, 0.3) is 0 Å². The third kappa shape index (κ3) is 5.53. The van der Waals surface area contributed by atoms with Gasteiger partial charge in [0.05, 0.1) is 25.7 Å². The molecule has 29 heavy (non-hydrogen) atoms. The van der Waals surface area contributed by atoms with E-state index in [0.717, 1.165) is 10.6 Å². The van der Waals surface area contributed by atoms with Gasteiger partial charge < -0.3 is 19.3 Å². The van der Waals surface area contributed by atoms with Crippen molar-refractivity contribution in [3.8, 4) is 5.75 Å². The minimum absolute atomic E-state index is 0.280. The van der Waals surface area contributed by atoms with E-state index in [9.17, 15) is 18.0 Å². The van der Waals surface area contributed by atoms with E-state index < -0.39 is 22.2 Å². The number of nitrogens with zero attached hydrogens (tertiary/aromatic N) is 3. The Morgan fingerprint density at radius 2 is 1.62 bits per heavy atom. The van der Waals surface area contributed by atoms with Gasteiger partial charge in [0.2, 0.25) is 15.9 Å². The molecule has 1 aliphatic heterocycles. The molecule has 1 aromatic carbocycles. The fraction of sp³-hybridized carbons (Fsp3) is 0.579. The van der Waals surface area contributed by atoms with Crippen LogP contribution in [0.4, 0.5) is 10.5 Å². The predicted octanol–water partition coefficient (Wildman–Crippen LogP) is 1.54. The molecule has 0 N–H and O–H groups in total. The van der Waals surface area contributed by atoms with Gasteiger partial charge in [-0.2, -0.15) is 0 Å². The van der Waals surface area contributed by atoms with Crippen LogP contribution in [0.3, 0.4) is 0 Å². The first kappa shape index (κ1) is 22.8. The molecular weight excluding hydrogens is 398 g/mol. The molecule has 0 unspecified atom stereocenters.